The van der Waals surface area contributed by atoms with Gasteiger partial charge in [-0.25, -0.2) is 4.79 Å². The summed E-state index contributed by atoms with van der Waals surface area (Å²) in [6.07, 6.45) is -0.149. The first-order chi connectivity index (χ1) is 7.11. The third kappa shape index (κ3) is 6.68. The van der Waals surface area contributed by atoms with Crippen LogP contribution in [0.1, 0.15) is 13.3 Å². The molecule has 0 N–H and O–H groups in total. The van der Waals surface area contributed by atoms with Crippen molar-refractivity contribution in [1.29, 1.82) is 0 Å². The lowest BCUT2D eigenvalue weighted by Gasteiger charge is -2.06. The SMILES string of the molecule is C=C(CC(=O)OC)C(=O)OCCOCC. The molecule has 0 aromatic heterocycles. The summed E-state index contributed by atoms with van der Waals surface area (Å²) in [4.78, 5) is 22.0. The van der Waals surface area contributed by atoms with Crippen molar-refractivity contribution in [3.63, 3.8) is 0 Å². The van der Waals surface area contributed by atoms with E-state index in [1.165, 1.54) is 7.11 Å². The summed E-state index contributed by atoms with van der Waals surface area (Å²) in [7, 11) is 1.25. The smallest absolute Gasteiger partial charge is 0.334 e. The van der Waals surface area contributed by atoms with E-state index in [-0.39, 0.29) is 18.6 Å². The first-order valence-electron chi connectivity index (χ1n) is 4.61. The molecular formula is C10H16O5. The minimum Gasteiger partial charge on any atom is -0.469 e. The van der Waals surface area contributed by atoms with Gasteiger partial charge in [0.1, 0.15) is 6.61 Å². The maximum absolute atomic E-state index is 11.2. The van der Waals surface area contributed by atoms with Gasteiger partial charge >= 0.3 is 11.9 Å². The molecule has 0 amide bonds. The number of carbonyl (C=O) groups excluding carboxylic acids is 2. The van der Waals surface area contributed by atoms with Gasteiger partial charge in [-0.05, 0) is 6.92 Å². The highest BCUT2D eigenvalue weighted by atomic mass is 16.6. The van der Waals surface area contributed by atoms with Crippen molar-refractivity contribution in [3.8, 4) is 0 Å². The van der Waals surface area contributed by atoms with Gasteiger partial charge in [-0.1, -0.05) is 6.58 Å². The molecule has 0 aromatic carbocycles. The summed E-state index contributed by atoms with van der Waals surface area (Å²) in [5, 5.41) is 0. The highest BCUT2D eigenvalue weighted by Crippen LogP contribution is 2.02. The van der Waals surface area contributed by atoms with Crippen molar-refractivity contribution in [1.82, 2.24) is 0 Å². The zero-order chi connectivity index (χ0) is 11.7. The number of carbonyl (C=O) groups is 2. The molecule has 86 valence electrons. The van der Waals surface area contributed by atoms with Gasteiger partial charge in [-0.15, -0.1) is 0 Å². The van der Waals surface area contributed by atoms with Crippen LogP contribution in [0, 0.1) is 0 Å². The maximum Gasteiger partial charge on any atom is 0.334 e. The molecule has 0 saturated carbocycles. The molecule has 0 heterocycles. The second-order valence-corrected chi connectivity index (χ2v) is 2.69. The van der Waals surface area contributed by atoms with Crippen LogP contribution < -0.4 is 0 Å². The van der Waals surface area contributed by atoms with E-state index in [9.17, 15) is 9.59 Å². The number of rotatable bonds is 7. The van der Waals surface area contributed by atoms with Crippen molar-refractivity contribution in [2.24, 2.45) is 0 Å². The van der Waals surface area contributed by atoms with Crippen molar-refractivity contribution in [2.75, 3.05) is 26.9 Å². The average Bonchev–Trinajstić information content (AvgIpc) is 2.23. The number of hydrogen-bond donors (Lipinski definition) is 0. The standard InChI is InChI=1S/C10H16O5/c1-4-14-5-6-15-10(12)8(2)7-9(11)13-3/h2,4-7H2,1,3H3. The Morgan fingerprint density at radius 3 is 2.47 bits per heavy atom. The molecular weight excluding hydrogens is 200 g/mol. The predicted octanol–water partition coefficient (Wildman–Crippen LogP) is 0.685. The van der Waals surface area contributed by atoms with Crippen molar-refractivity contribution in [3.05, 3.63) is 12.2 Å². The average molecular weight is 216 g/mol. The zero-order valence-electron chi connectivity index (χ0n) is 9.08. The van der Waals surface area contributed by atoms with E-state index in [0.717, 1.165) is 0 Å². The Bertz CT molecular complexity index is 234. The molecule has 15 heavy (non-hydrogen) atoms. The normalized spacial score (nSPS) is 9.47. The van der Waals surface area contributed by atoms with Crippen LogP contribution >= 0.6 is 0 Å². The minimum absolute atomic E-state index is 0.0818. The fourth-order valence-electron chi connectivity index (χ4n) is 0.758. The quantitative estimate of drug-likeness (QED) is 0.356. The lowest BCUT2D eigenvalue weighted by Crippen LogP contribution is -2.14. The number of methoxy groups -OCH3 is 1. The van der Waals surface area contributed by atoms with Crippen LogP contribution in [0.25, 0.3) is 0 Å². The van der Waals surface area contributed by atoms with Gasteiger partial charge in [-0.3, -0.25) is 4.79 Å². The van der Waals surface area contributed by atoms with Crippen LogP contribution in [0.15, 0.2) is 12.2 Å². The summed E-state index contributed by atoms with van der Waals surface area (Å²) in [6, 6.07) is 0. The molecule has 0 fully saturated rings. The summed E-state index contributed by atoms with van der Waals surface area (Å²) in [6.45, 7) is 6.34. The number of hydrogen-bond acceptors (Lipinski definition) is 5. The van der Waals surface area contributed by atoms with E-state index in [1.807, 2.05) is 6.92 Å². The molecule has 0 radical (unpaired) electrons. The highest BCUT2D eigenvalue weighted by molar-refractivity contribution is 5.93. The zero-order valence-corrected chi connectivity index (χ0v) is 9.08. The largest absolute Gasteiger partial charge is 0.469 e. The highest BCUT2D eigenvalue weighted by Gasteiger charge is 2.12. The molecule has 5 nitrogen and oxygen atoms in total. The number of esters is 2. The molecule has 0 bridgehead atoms. The van der Waals surface area contributed by atoms with Gasteiger partial charge in [0.15, 0.2) is 0 Å². The van der Waals surface area contributed by atoms with Gasteiger partial charge in [0.05, 0.1) is 20.1 Å². The van der Waals surface area contributed by atoms with Gasteiger partial charge in [0.2, 0.25) is 0 Å². The third-order valence-electron chi connectivity index (χ3n) is 1.54. The van der Waals surface area contributed by atoms with E-state index in [2.05, 4.69) is 11.3 Å². The van der Waals surface area contributed by atoms with E-state index in [4.69, 9.17) is 9.47 Å². The van der Waals surface area contributed by atoms with Crippen molar-refractivity contribution >= 4 is 11.9 Å². The lowest BCUT2D eigenvalue weighted by molar-refractivity contribution is -0.145. The molecule has 0 spiro atoms. The van der Waals surface area contributed by atoms with E-state index < -0.39 is 11.9 Å². The van der Waals surface area contributed by atoms with E-state index in [1.54, 1.807) is 0 Å². The van der Waals surface area contributed by atoms with Crippen LogP contribution in [0.2, 0.25) is 0 Å². The second kappa shape index (κ2) is 7.99. The molecule has 0 aliphatic rings. The van der Waals surface area contributed by atoms with Gasteiger partial charge < -0.3 is 14.2 Å². The monoisotopic (exact) mass is 216 g/mol. The van der Waals surface area contributed by atoms with Crippen LogP contribution in [-0.2, 0) is 23.8 Å². The van der Waals surface area contributed by atoms with Gasteiger partial charge in [-0.2, -0.15) is 0 Å². The lowest BCUT2D eigenvalue weighted by atomic mass is 10.2. The fourth-order valence-corrected chi connectivity index (χ4v) is 0.758. The molecule has 0 rings (SSSR count). The summed E-state index contributed by atoms with van der Waals surface area (Å²) in [5.74, 6) is -1.11. The first-order valence-corrected chi connectivity index (χ1v) is 4.61. The Labute approximate surface area is 89.0 Å². The molecule has 0 aliphatic carbocycles. The Morgan fingerprint density at radius 1 is 1.27 bits per heavy atom. The van der Waals surface area contributed by atoms with E-state index in [0.29, 0.717) is 13.2 Å². The van der Waals surface area contributed by atoms with Crippen molar-refractivity contribution in [2.45, 2.75) is 13.3 Å². The summed E-state index contributed by atoms with van der Waals surface area (Å²) < 4.78 is 14.1. The van der Waals surface area contributed by atoms with Gasteiger partial charge in [0.25, 0.3) is 0 Å². The minimum atomic E-state index is -0.597. The van der Waals surface area contributed by atoms with E-state index >= 15 is 0 Å². The fraction of sp³-hybridized carbons (Fsp3) is 0.600. The number of ether oxygens (including phenoxy) is 3. The molecule has 0 aliphatic heterocycles. The van der Waals surface area contributed by atoms with Crippen LogP contribution in [-0.4, -0.2) is 38.9 Å². The molecule has 0 atom stereocenters. The Morgan fingerprint density at radius 2 is 1.93 bits per heavy atom. The third-order valence-corrected chi connectivity index (χ3v) is 1.54. The molecule has 0 saturated heterocycles. The predicted molar refractivity (Wildman–Crippen MR) is 53.2 cm³/mol. The first kappa shape index (κ1) is 13.6. The topological polar surface area (TPSA) is 61.8 Å². The Hall–Kier alpha value is -1.36. The van der Waals surface area contributed by atoms with Gasteiger partial charge in [0, 0.05) is 12.2 Å². The molecule has 0 unspecified atom stereocenters. The second-order valence-electron chi connectivity index (χ2n) is 2.69. The van der Waals surface area contributed by atoms with Crippen LogP contribution in [0.4, 0.5) is 0 Å². The maximum atomic E-state index is 11.2. The molecule has 5 heteroatoms. The Kier molecular flexibility index (Phi) is 7.27. The summed E-state index contributed by atoms with van der Waals surface area (Å²) >= 11 is 0. The molecule has 0 aromatic rings. The Balaban J connectivity index is 3.70. The van der Waals surface area contributed by atoms with Crippen LogP contribution in [0.5, 0.6) is 0 Å². The van der Waals surface area contributed by atoms with Crippen LogP contribution in [0.3, 0.4) is 0 Å². The van der Waals surface area contributed by atoms with Crippen molar-refractivity contribution < 1.29 is 23.8 Å². The summed E-state index contributed by atoms with van der Waals surface area (Å²) in [5.41, 5.74) is 0.0818.